The number of hydrogen-bond acceptors (Lipinski definition) is 3. The molecule has 0 heterocycles. The Bertz CT molecular complexity index is 873. The molecule has 31 heavy (non-hydrogen) atoms. The highest BCUT2D eigenvalue weighted by Crippen LogP contribution is 2.34. The van der Waals surface area contributed by atoms with Gasteiger partial charge in [0, 0.05) is 36.3 Å². The maximum atomic E-state index is 12.1. The van der Waals surface area contributed by atoms with E-state index in [1.165, 1.54) is 11.1 Å². The third kappa shape index (κ3) is 7.26. The molecule has 1 aliphatic carbocycles. The molecule has 0 fully saturated rings. The Hall–Kier alpha value is -2.57. The minimum absolute atomic E-state index is 0.173. The number of aliphatic carboxylic acids is 1. The number of aryl methyl sites for hydroxylation is 1. The van der Waals surface area contributed by atoms with E-state index in [1.807, 2.05) is 0 Å². The van der Waals surface area contributed by atoms with Crippen molar-refractivity contribution in [2.24, 2.45) is 0 Å². The van der Waals surface area contributed by atoms with Crippen LogP contribution < -0.4 is 10.6 Å². The first kappa shape index (κ1) is 23.1. The third-order valence-electron chi connectivity index (χ3n) is 5.62. The lowest BCUT2D eigenvalue weighted by Gasteiger charge is -2.36. The first-order chi connectivity index (χ1) is 15.0. The molecule has 0 saturated heterocycles. The first-order valence-corrected chi connectivity index (χ1v) is 11.2. The zero-order chi connectivity index (χ0) is 22.1. The summed E-state index contributed by atoms with van der Waals surface area (Å²) in [6.45, 7) is 2.09. The van der Waals surface area contributed by atoms with Crippen LogP contribution in [-0.2, 0) is 11.2 Å². The first-order valence-electron chi connectivity index (χ1n) is 10.9. The van der Waals surface area contributed by atoms with Gasteiger partial charge in [-0.1, -0.05) is 35.9 Å². The summed E-state index contributed by atoms with van der Waals surface area (Å²) in [4.78, 5) is 25.5. The lowest BCUT2D eigenvalue weighted by Crippen LogP contribution is -2.36. The van der Waals surface area contributed by atoms with Gasteiger partial charge in [-0.05, 0) is 74.0 Å². The molecule has 2 aromatic carbocycles. The van der Waals surface area contributed by atoms with Crippen molar-refractivity contribution in [1.29, 1.82) is 0 Å². The Labute approximate surface area is 188 Å². The molecule has 1 aliphatic rings. The molecule has 1 unspecified atom stereocenters. The molecule has 0 radical (unpaired) electrons. The zero-order valence-corrected chi connectivity index (χ0v) is 18.4. The number of carboxylic acid groups (broad SMARTS) is 1. The lowest BCUT2D eigenvalue weighted by atomic mass is 9.86. The largest absolute Gasteiger partial charge is 0.481 e. The summed E-state index contributed by atoms with van der Waals surface area (Å²) in [5.41, 5.74) is 3.44. The predicted molar refractivity (Wildman–Crippen MR) is 124 cm³/mol. The van der Waals surface area contributed by atoms with Crippen molar-refractivity contribution in [3.63, 3.8) is 0 Å². The molecule has 0 aromatic heterocycles. The molecule has 0 saturated carbocycles. The van der Waals surface area contributed by atoms with Crippen LogP contribution in [0.5, 0.6) is 0 Å². The predicted octanol–water partition coefficient (Wildman–Crippen LogP) is 5.10. The summed E-state index contributed by atoms with van der Waals surface area (Å²) in [6.07, 6.45) is 4.90. The molecule has 2 amide bonds. The number of fused-ring (bicyclic) bond motifs is 1. The number of nitrogens with one attached hydrogen (secondary N) is 2. The number of anilines is 1. The van der Waals surface area contributed by atoms with E-state index in [0.717, 1.165) is 38.8 Å². The number of benzene rings is 2. The molecule has 0 aliphatic heterocycles. The summed E-state index contributed by atoms with van der Waals surface area (Å²) in [7, 11) is 0. The van der Waals surface area contributed by atoms with Gasteiger partial charge in [0.2, 0.25) is 0 Å². The quantitative estimate of drug-likeness (QED) is 0.446. The van der Waals surface area contributed by atoms with E-state index in [4.69, 9.17) is 16.7 Å². The zero-order valence-electron chi connectivity index (χ0n) is 17.6. The van der Waals surface area contributed by atoms with Crippen LogP contribution in [0.1, 0.15) is 49.3 Å². The molecule has 1 atom stereocenters. The second-order valence-corrected chi connectivity index (χ2v) is 8.32. The van der Waals surface area contributed by atoms with E-state index < -0.39 is 5.97 Å². The number of carboxylic acids is 1. The Morgan fingerprint density at radius 3 is 2.58 bits per heavy atom. The minimum Gasteiger partial charge on any atom is -0.481 e. The summed E-state index contributed by atoms with van der Waals surface area (Å²) >= 11 is 5.86. The lowest BCUT2D eigenvalue weighted by molar-refractivity contribution is -0.137. The van der Waals surface area contributed by atoms with Gasteiger partial charge >= 0.3 is 12.0 Å². The fraction of sp³-hybridized carbons (Fsp3) is 0.417. The number of carbonyl (C=O) groups excluding carboxylic acids is 1. The second-order valence-electron chi connectivity index (χ2n) is 7.88. The Balaban J connectivity index is 1.52. The highest BCUT2D eigenvalue weighted by atomic mass is 35.5. The maximum absolute atomic E-state index is 12.1. The SMILES string of the molecule is O=C(O)CCCN(CCCNC(=O)Nc1ccc(Cl)cc1)C1CCCc2ccccc21. The normalized spacial score (nSPS) is 15.4. The average Bonchev–Trinajstić information content (AvgIpc) is 2.76. The molecular formula is C24H30ClN3O3. The maximum Gasteiger partial charge on any atom is 0.319 e. The van der Waals surface area contributed by atoms with Crippen LogP contribution in [0, 0.1) is 0 Å². The van der Waals surface area contributed by atoms with E-state index in [0.29, 0.717) is 29.7 Å². The molecule has 166 valence electrons. The fourth-order valence-corrected chi connectivity index (χ4v) is 4.28. The summed E-state index contributed by atoms with van der Waals surface area (Å²) in [5, 5.41) is 15.3. The van der Waals surface area contributed by atoms with Gasteiger partial charge in [0.15, 0.2) is 0 Å². The van der Waals surface area contributed by atoms with E-state index in [2.05, 4.69) is 39.8 Å². The number of nitrogens with zero attached hydrogens (tertiary/aromatic N) is 1. The highest BCUT2D eigenvalue weighted by molar-refractivity contribution is 6.30. The van der Waals surface area contributed by atoms with Gasteiger partial charge in [-0.2, -0.15) is 0 Å². The van der Waals surface area contributed by atoms with Gasteiger partial charge in [-0.15, -0.1) is 0 Å². The van der Waals surface area contributed by atoms with Gasteiger partial charge in [-0.3, -0.25) is 9.69 Å². The highest BCUT2D eigenvalue weighted by Gasteiger charge is 2.25. The number of carbonyl (C=O) groups is 2. The number of halogens is 1. The molecule has 3 N–H and O–H groups in total. The van der Waals surface area contributed by atoms with Gasteiger partial charge in [0.25, 0.3) is 0 Å². The van der Waals surface area contributed by atoms with Crippen molar-refractivity contribution < 1.29 is 14.7 Å². The van der Waals surface area contributed by atoms with Crippen molar-refractivity contribution >= 4 is 29.3 Å². The number of hydrogen-bond donors (Lipinski definition) is 3. The summed E-state index contributed by atoms with van der Waals surface area (Å²) in [5.74, 6) is -0.760. The van der Waals surface area contributed by atoms with Crippen molar-refractivity contribution in [1.82, 2.24) is 10.2 Å². The Kier molecular flexibility index (Phi) is 8.74. The van der Waals surface area contributed by atoms with Crippen LogP contribution in [0.4, 0.5) is 10.5 Å². The van der Waals surface area contributed by atoms with Crippen molar-refractivity contribution in [3.05, 3.63) is 64.7 Å². The number of rotatable bonds is 10. The van der Waals surface area contributed by atoms with E-state index in [9.17, 15) is 9.59 Å². The minimum atomic E-state index is -0.760. The smallest absolute Gasteiger partial charge is 0.319 e. The van der Waals surface area contributed by atoms with Crippen LogP contribution in [0.15, 0.2) is 48.5 Å². The van der Waals surface area contributed by atoms with Crippen LogP contribution in [0.25, 0.3) is 0 Å². The molecule has 7 heteroatoms. The van der Waals surface area contributed by atoms with Crippen LogP contribution in [-0.4, -0.2) is 41.6 Å². The van der Waals surface area contributed by atoms with Crippen LogP contribution in [0.2, 0.25) is 5.02 Å². The molecule has 3 rings (SSSR count). The fourth-order valence-electron chi connectivity index (χ4n) is 4.16. The van der Waals surface area contributed by atoms with E-state index in [-0.39, 0.29) is 12.5 Å². The summed E-state index contributed by atoms with van der Waals surface area (Å²) < 4.78 is 0. The summed E-state index contributed by atoms with van der Waals surface area (Å²) in [6, 6.07) is 15.6. The molecular weight excluding hydrogens is 414 g/mol. The molecule has 0 bridgehead atoms. The van der Waals surface area contributed by atoms with E-state index in [1.54, 1.807) is 24.3 Å². The second kappa shape index (κ2) is 11.7. The number of urea groups is 1. The monoisotopic (exact) mass is 443 g/mol. The van der Waals surface area contributed by atoms with Gasteiger partial charge in [0.1, 0.15) is 0 Å². The Morgan fingerprint density at radius 2 is 1.81 bits per heavy atom. The van der Waals surface area contributed by atoms with Crippen molar-refractivity contribution in [3.8, 4) is 0 Å². The molecule has 6 nitrogen and oxygen atoms in total. The molecule has 2 aromatic rings. The Morgan fingerprint density at radius 1 is 1.06 bits per heavy atom. The average molecular weight is 444 g/mol. The van der Waals surface area contributed by atoms with Crippen LogP contribution in [0.3, 0.4) is 0 Å². The topological polar surface area (TPSA) is 81.7 Å². The van der Waals surface area contributed by atoms with Crippen molar-refractivity contribution in [2.45, 2.75) is 44.6 Å². The number of amides is 2. The standard InChI is InChI=1S/C24H30ClN3O3/c25-19-11-13-20(14-12-19)27-24(31)26-15-5-17-28(16-4-10-23(29)30)22-9-3-7-18-6-1-2-8-21(18)22/h1-2,6,8,11-14,22H,3-5,7,9-10,15-17H2,(H,29,30)(H2,26,27,31). The van der Waals surface area contributed by atoms with Crippen molar-refractivity contribution in [2.75, 3.05) is 25.0 Å². The van der Waals surface area contributed by atoms with Crippen LogP contribution >= 0.6 is 11.6 Å². The van der Waals surface area contributed by atoms with Gasteiger partial charge < -0.3 is 15.7 Å². The van der Waals surface area contributed by atoms with E-state index >= 15 is 0 Å². The third-order valence-corrected chi connectivity index (χ3v) is 5.88. The molecule has 0 spiro atoms. The van der Waals surface area contributed by atoms with Gasteiger partial charge in [-0.25, -0.2) is 4.79 Å². The van der Waals surface area contributed by atoms with Gasteiger partial charge in [0.05, 0.1) is 0 Å².